The molecule has 0 aromatic carbocycles. The van der Waals surface area contributed by atoms with Crippen molar-refractivity contribution in [3.63, 3.8) is 0 Å². The molecule has 1 aliphatic carbocycles. The Labute approximate surface area is 119 Å². The molecule has 0 fully saturated rings. The van der Waals surface area contributed by atoms with Gasteiger partial charge in [-0.05, 0) is 39.2 Å². The second-order valence-electron chi connectivity index (χ2n) is 5.48. The Kier molecular flexibility index (Phi) is 4.72. The zero-order valence-electron chi connectivity index (χ0n) is 11.7. The molecule has 2 N–H and O–H groups in total. The van der Waals surface area contributed by atoms with Crippen LogP contribution in [0, 0.1) is 0 Å². The van der Waals surface area contributed by atoms with E-state index in [2.05, 4.69) is 4.18 Å². The van der Waals surface area contributed by atoms with Gasteiger partial charge in [-0.2, -0.15) is 8.42 Å². The molecule has 1 rings (SSSR count). The molecular formula is C11H20O7S2. The van der Waals surface area contributed by atoms with E-state index >= 15 is 0 Å². The quantitative estimate of drug-likeness (QED) is 0.556. The first kappa shape index (κ1) is 17.6. The molecule has 0 amide bonds. The molecule has 0 radical (unpaired) electrons. The van der Waals surface area contributed by atoms with E-state index in [1.165, 1.54) is 13.0 Å². The Morgan fingerprint density at radius 2 is 1.80 bits per heavy atom. The monoisotopic (exact) mass is 328 g/mol. The normalized spacial score (nSPS) is 31.9. The lowest BCUT2D eigenvalue weighted by molar-refractivity contribution is 0.0775. The van der Waals surface area contributed by atoms with Crippen LogP contribution < -0.4 is 0 Å². The summed E-state index contributed by atoms with van der Waals surface area (Å²) in [5, 5.41) is 10.0. The summed E-state index contributed by atoms with van der Waals surface area (Å²) in [5.41, 5.74) is -0.467. The van der Waals surface area contributed by atoms with E-state index in [9.17, 15) is 21.9 Å². The van der Waals surface area contributed by atoms with E-state index in [1.807, 2.05) is 0 Å². The van der Waals surface area contributed by atoms with Crippen molar-refractivity contribution in [1.29, 1.82) is 0 Å². The Hall–Kier alpha value is -0.480. The van der Waals surface area contributed by atoms with Gasteiger partial charge in [0.1, 0.15) is 0 Å². The molecule has 20 heavy (non-hydrogen) atoms. The predicted molar refractivity (Wildman–Crippen MR) is 73.3 cm³/mol. The highest BCUT2D eigenvalue weighted by Gasteiger charge is 2.43. The molecule has 0 heterocycles. The number of hydrogen-bond acceptors (Lipinski definition) is 6. The summed E-state index contributed by atoms with van der Waals surface area (Å²) in [5.74, 6) is -0.533. The van der Waals surface area contributed by atoms with Crippen LogP contribution in [-0.2, 0) is 24.4 Å². The standard InChI is InChI=1S/C11H20O7S2/c1-9-8-10(2,4-5-11(9,3)12)19(13,14)7-6-18-20(15,16)17/h8,12H,4-7H2,1-3H3,(H,15,16,17). The molecule has 1 aliphatic rings. The van der Waals surface area contributed by atoms with Gasteiger partial charge in [-0.3, -0.25) is 4.55 Å². The molecule has 0 aliphatic heterocycles. The topological polar surface area (TPSA) is 118 Å². The summed E-state index contributed by atoms with van der Waals surface area (Å²) in [6, 6.07) is 0. The first-order valence-corrected chi connectivity index (χ1v) is 9.07. The lowest BCUT2D eigenvalue weighted by Crippen LogP contribution is -2.44. The molecule has 2 unspecified atom stereocenters. The fourth-order valence-corrected chi connectivity index (χ4v) is 4.04. The fraction of sp³-hybridized carbons (Fsp3) is 0.818. The van der Waals surface area contributed by atoms with Gasteiger partial charge in [0.2, 0.25) is 0 Å². The second-order valence-corrected chi connectivity index (χ2v) is 9.14. The SMILES string of the molecule is CC1=CC(C)(S(=O)(=O)CCOS(=O)(=O)O)CCC1(C)O. The zero-order chi connectivity index (χ0) is 15.8. The van der Waals surface area contributed by atoms with Gasteiger partial charge in [-0.15, -0.1) is 0 Å². The van der Waals surface area contributed by atoms with Crippen molar-refractivity contribution in [2.45, 2.75) is 44.0 Å². The zero-order valence-corrected chi connectivity index (χ0v) is 13.3. The van der Waals surface area contributed by atoms with Crippen molar-refractivity contribution in [3.05, 3.63) is 11.6 Å². The van der Waals surface area contributed by atoms with Crippen LogP contribution >= 0.6 is 0 Å². The Bertz CT molecular complexity index is 601. The molecule has 0 bridgehead atoms. The molecule has 0 spiro atoms. The summed E-state index contributed by atoms with van der Waals surface area (Å²) >= 11 is 0. The van der Waals surface area contributed by atoms with Crippen LogP contribution in [0.1, 0.15) is 33.6 Å². The molecule has 118 valence electrons. The van der Waals surface area contributed by atoms with Crippen LogP contribution in [-0.4, -0.2) is 49.2 Å². The van der Waals surface area contributed by atoms with Crippen LogP contribution in [0.2, 0.25) is 0 Å². The minimum Gasteiger partial charge on any atom is -0.386 e. The summed E-state index contributed by atoms with van der Waals surface area (Å²) < 4.78 is 56.6. The maximum atomic E-state index is 12.3. The molecule has 7 nitrogen and oxygen atoms in total. The van der Waals surface area contributed by atoms with Crippen LogP contribution in [0.15, 0.2) is 11.6 Å². The summed E-state index contributed by atoms with van der Waals surface area (Å²) in [7, 11) is -8.32. The predicted octanol–water partition coefficient (Wildman–Crippen LogP) is 0.470. The van der Waals surface area contributed by atoms with Gasteiger partial charge < -0.3 is 5.11 Å². The maximum Gasteiger partial charge on any atom is 0.397 e. The van der Waals surface area contributed by atoms with Crippen LogP contribution in [0.25, 0.3) is 0 Å². The molecule has 0 saturated carbocycles. The maximum absolute atomic E-state index is 12.3. The van der Waals surface area contributed by atoms with Crippen molar-refractivity contribution in [3.8, 4) is 0 Å². The smallest absolute Gasteiger partial charge is 0.386 e. The van der Waals surface area contributed by atoms with E-state index in [0.717, 1.165) is 0 Å². The van der Waals surface area contributed by atoms with E-state index in [-0.39, 0.29) is 6.42 Å². The molecule has 2 atom stereocenters. The van der Waals surface area contributed by atoms with Crippen LogP contribution in [0.5, 0.6) is 0 Å². The van der Waals surface area contributed by atoms with E-state index in [4.69, 9.17) is 4.55 Å². The van der Waals surface area contributed by atoms with Crippen molar-refractivity contribution < 1.29 is 30.7 Å². The highest BCUT2D eigenvalue weighted by Crippen LogP contribution is 2.38. The minimum absolute atomic E-state index is 0.228. The summed E-state index contributed by atoms with van der Waals surface area (Å²) in [6.07, 6.45) is 2.02. The van der Waals surface area contributed by atoms with E-state index in [0.29, 0.717) is 12.0 Å². The van der Waals surface area contributed by atoms with Gasteiger partial charge in [0, 0.05) is 0 Å². The third-order valence-corrected chi connectivity index (χ3v) is 6.69. The van der Waals surface area contributed by atoms with Gasteiger partial charge in [0.05, 0.1) is 22.7 Å². The van der Waals surface area contributed by atoms with Crippen molar-refractivity contribution in [2.24, 2.45) is 0 Å². The number of rotatable bonds is 5. The van der Waals surface area contributed by atoms with E-state index in [1.54, 1.807) is 13.8 Å². The lowest BCUT2D eigenvalue weighted by Gasteiger charge is -2.38. The van der Waals surface area contributed by atoms with Crippen LogP contribution in [0.3, 0.4) is 0 Å². The average Bonchev–Trinajstić information content (AvgIpc) is 2.22. The molecule has 0 saturated heterocycles. The summed E-state index contributed by atoms with van der Waals surface area (Å²) in [6.45, 7) is 4.16. The number of aliphatic hydroxyl groups is 1. The van der Waals surface area contributed by atoms with E-state index < -0.39 is 42.9 Å². The third-order valence-electron chi connectivity index (χ3n) is 3.77. The average molecular weight is 328 g/mol. The highest BCUT2D eigenvalue weighted by atomic mass is 32.3. The van der Waals surface area contributed by atoms with Crippen molar-refractivity contribution >= 4 is 20.2 Å². The Morgan fingerprint density at radius 3 is 2.25 bits per heavy atom. The largest absolute Gasteiger partial charge is 0.397 e. The highest BCUT2D eigenvalue weighted by molar-refractivity contribution is 7.93. The van der Waals surface area contributed by atoms with Gasteiger partial charge >= 0.3 is 10.4 Å². The number of sulfone groups is 1. The Morgan fingerprint density at radius 1 is 1.25 bits per heavy atom. The van der Waals surface area contributed by atoms with Gasteiger partial charge in [-0.25, -0.2) is 12.6 Å². The van der Waals surface area contributed by atoms with Crippen molar-refractivity contribution in [1.82, 2.24) is 0 Å². The third kappa shape index (κ3) is 4.01. The minimum atomic E-state index is -4.65. The first-order chi connectivity index (χ1) is 8.79. The van der Waals surface area contributed by atoms with Crippen molar-refractivity contribution in [2.75, 3.05) is 12.4 Å². The number of hydrogen-bond donors (Lipinski definition) is 2. The van der Waals surface area contributed by atoms with Gasteiger partial charge in [0.15, 0.2) is 9.84 Å². The second kappa shape index (κ2) is 5.38. The first-order valence-electron chi connectivity index (χ1n) is 6.06. The van der Waals surface area contributed by atoms with Crippen LogP contribution in [0.4, 0.5) is 0 Å². The molecule has 0 aromatic heterocycles. The lowest BCUT2D eigenvalue weighted by atomic mass is 9.81. The molecule has 9 heteroatoms. The molecule has 0 aromatic rings. The fourth-order valence-electron chi connectivity index (χ4n) is 2.10. The Balaban J connectivity index is 2.90. The van der Waals surface area contributed by atoms with Gasteiger partial charge in [-0.1, -0.05) is 6.08 Å². The summed E-state index contributed by atoms with van der Waals surface area (Å²) in [4.78, 5) is 0. The van der Waals surface area contributed by atoms with Gasteiger partial charge in [0.25, 0.3) is 0 Å². The molecular weight excluding hydrogens is 308 g/mol.